The van der Waals surface area contributed by atoms with E-state index in [-0.39, 0.29) is 10.5 Å². The Kier molecular flexibility index (Phi) is 4.46. The van der Waals surface area contributed by atoms with E-state index >= 15 is 0 Å². The van der Waals surface area contributed by atoms with Gasteiger partial charge in [-0.3, -0.25) is 14.6 Å². The van der Waals surface area contributed by atoms with Crippen molar-refractivity contribution in [1.29, 1.82) is 0 Å². The van der Waals surface area contributed by atoms with Crippen LogP contribution in [-0.2, 0) is 12.7 Å². The lowest BCUT2D eigenvalue weighted by molar-refractivity contribution is -0.139. The van der Waals surface area contributed by atoms with Gasteiger partial charge in [0.1, 0.15) is 4.60 Å². The van der Waals surface area contributed by atoms with Crippen LogP contribution in [0.25, 0.3) is 0 Å². The number of hydrogen-bond acceptors (Lipinski definition) is 1. The normalized spacial score (nSPS) is 14.0. The van der Waals surface area contributed by atoms with Gasteiger partial charge in [-0.1, -0.05) is 20.3 Å². The number of nitrogens with one attached hydrogen (secondary N) is 1. The molecule has 1 N–H and O–H groups in total. The summed E-state index contributed by atoms with van der Waals surface area (Å²) in [6.45, 7) is 4.30. The maximum atomic E-state index is 12.5. The van der Waals surface area contributed by atoms with Crippen LogP contribution < -0.4 is 5.56 Å². The summed E-state index contributed by atoms with van der Waals surface area (Å²) in [5, 5.41) is 2.20. The second kappa shape index (κ2) is 5.29. The summed E-state index contributed by atoms with van der Waals surface area (Å²) >= 11 is 2.83. The molecule has 1 rings (SSSR count). The molecule has 0 aliphatic heterocycles. The molecule has 1 unspecified atom stereocenters. The van der Waals surface area contributed by atoms with Gasteiger partial charge in [0.15, 0.2) is 5.56 Å². The van der Waals surface area contributed by atoms with E-state index in [1.165, 1.54) is 4.68 Å². The zero-order valence-electron chi connectivity index (χ0n) is 9.57. The fourth-order valence-electron chi connectivity index (χ4n) is 1.72. The van der Waals surface area contributed by atoms with Crippen LogP contribution in [0.5, 0.6) is 0 Å². The Bertz CT molecular complexity index is 436. The van der Waals surface area contributed by atoms with Gasteiger partial charge in [-0.15, -0.1) is 0 Å². The zero-order chi connectivity index (χ0) is 13.2. The summed E-state index contributed by atoms with van der Waals surface area (Å²) in [5.74, 6) is 0.209. The molecule has 0 saturated carbocycles. The van der Waals surface area contributed by atoms with E-state index < -0.39 is 17.3 Å². The Labute approximate surface area is 105 Å². The number of halogens is 4. The zero-order valence-corrected chi connectivity index (χ0v) is 11.2. The van der Waals surface area contributed by atoms with Gasteiger partial charge in [-0.2, -0.15) is 13.2 Å². The molecule has 1 aromatic heterocycles. The second-order valence-electron chi connectivity index (χ2n) is 4.11. The Morgan fingerprint density at radius 3 is 2.47 bits per heavy atom. The molecule has 0 bridgehead atoms. The summed E-state index contributed by atoms with van der Waals surface area (Å²) in [4.78, 5) is 11.2. The van der Waals surface area contributed by atoms with Crippen LogP contribution in [0.3, 0.4) is 0 Å². The van der Waals surface area contributed by atoms with Crippen LogP contribution >= 0.6 is 15.9 Å². The molecule has 0 amide bonds. The number of aromatic nitrogens is 2. The quantitative estimate of drug-likeness (QED) is 0.908. The van der Waals surface area contributed by atoms with Crippen molar-refractivity contribution in [3.05, 3.63) is 20.5 Å². The minimum absolute atomic E-state index is 0.209. The highest BCUT2D eigenvalue weighted by Gasteiger charge is 2.38. The highest BCUT2D eigenvalue weighted by Crippen LogP contribution is 2.32. The van der Waals surface area contributed by atoms with Crippen molar-refractivity contribution in [2.45, 2.75) is 39.4 Å². The standard InChI is InChI=1S/C10H14BrF3N2O/c1-3-4-6(2)5-16-8(11)7(9(17)15-16)10(12,13)14/h6H,3-5H2,1-2H3,(H,15,17). The number of H-pyrrole nitrogens is 1. The number of alkyl halides is 3. The third kappa shape index (κ3) is 3.37. The first-order valence-corrected chi connectivity index (χ1v) is 6.12. The smallest absolute Gasteiger partial charge is 0.277 e. The molecule has 0 spiro atoms. The van der Waals surface area contributed by atoms with Crippen molar-refractivity contribution in [2.75, 3.05) is 0 Å². The molecule has 98 valence electrons. The SMILES string of the molecule is CCCC(C)Cn1[nH]c(=O)c(C(F)(F)F)c1Br. The van der Waals surface area contributed by atoms with Gasteiger partial charge in [0, 0.05) is 6.54 Å². The van der Waals surface area contributed by atoms with E-state index in [0.717, 1.165) is 12.8 Å². The Morgan fingerprint density at radius 1 is 1.47 bits per heavy atom. The van der Waals surface area contributed by atoms with Gasteiger partial charge in [0.05, 0.1) is 0 Å². The molecule has 17 heavy (non-hydrogen) atoms. The Morgan fingerprint density at radius 2 is 2.06 bits per heavy atom. The maximum Gasteiger partial charge on any atom is 0.424 e. The lowest BCUT2D eigenvalue weighted by atomic mass is 10.1. The highest BCUT2D eigenvalue weighted by molar-refractivity contribution is 9.10. The first-order valence-electron chi connectivity index (χ1n) is 5.32. The van der Waals surface area contributed by atoms with Crippen molar-refractivity contribution >= 4 is 15.9 Å². The van der Waals surface area contributed by atoms with Gasteiger partial charge >= 0.3 is 6.18 Å². The van der Waals surface area contributed by atoms with Crippen molar-refractivity contribution in [1.82, 2.24) is 9.78 Å². The molecule has 1 aromatic rings. The van der Waals surface area contributed by atoms with Gasteiger partial charge in [0.25, 0.3) is 5.56 Å². The predicted molar refractivity (Wildman–Crippen MR) is 61.8 cm³/mol. The molecular weight excluding hydrogens is 301 g/mol. The molecule has 7 heteroatoms. The van der Waals surface area contributed by atoms with Crippen LogP contribution in [0.15, 0.2) is 9.40 Å². The molecule has 0 aromatic carbocycles. The molecule has 0 aliphatic carbocycles. The van der Waals surface area contributed by atoms with Crippen molar-refractivity contribution in [3.8, 4) is 0 Å². The fourth-order valence-corrected chi connectivity index (χ4v) is 2.36. The summed E-state index contributed by atoms with van der Waals surface area (Å²) in [7, 11) is 0. The van der Waals surface area contributed by atoms with Gasteiger partial charge in [0.2, 0.25) is 0 Å². The Balaban J connectivity index is 3.01. The summed E-state index contributed by atoms with van der Waals surface area (Å²) < 4.78 is 38.6. The monoisotopic (exact) mass is 314 g/mol. The topological polar surface area (TPSA) is 37.8 Å². The molecule has 0 saturated heterocycles. The highest BCUT2D eigenvalue weighted by atomic mass is 79.9. The molecular formula is C10H14BrF3N2O. The van der Waals surface area contributed by atoms with Gasteiger partial charge in [-0.05, 0) is 28.3 Å². The van der Waals surface area contributed by atoms with E-state index in [4.69, 9.17) is 0 Å². The van der Waals surface area contributed by atoms with E-state index in [1.54, 1.807) is 0 Å². The van der Waals surface area contributed by atoms with Crippen LogP contribution in [0, 0.1) is 5.92 Å². The molecule has 0 fully saturated rings. The summed E-state index contributed by atoms with van der Waals surface area (Å²) in [5.41, 5.74) is -2.27. The number of hydrogen-bond donors (Lipinski definition) is 1. The fraction of sp³-hybridized carbons (Fsp3) is 0.700. The predicted octanol–water partition coefficient (Wildman–Crippen LogP) is 3.39. The molecule has 1 heterocycles. The molecule has 1 atom stereocenters. The van der Waals surface area contributed by atoms with Crippen molar-refractivity contribution < 1.29 is 13.2 Å². The first-order chi connectivity index (χ1) is 7.77. The van der Waals surface area contributed by atoms with Gasteiger partial charge < -0.3 is 0 Å². The molecule has 0 aliphatic rings. The Hall–Kier alpha value is -0.720. The van der Waals surface area contributed by atoms with E-state index in [9.17, 15) is 18.0 Å². The second-order valence-corrected chi connectivity index (χ2v) is 4.86. The van der Waals surface area contributed by atoms with Crippen LogP contribution in [0.4, 0.5) is 13.2 Å². The first kappa shape index (κ1) is 14.3. The van der Waals surface area contributed by atoms with Crippen molar-refractivity contribution in [3.63, 3.8) is 0 Å². The third-order valence-corrected chi connectivity index (χ3v) is 3.29. The largest absolute Gasteiger partial charge is 0.424 e. The minimum atomic E-state index is -4.63. The summed E-state index contributed by atoms with van der Waals surface area (Å²) in [6, 6.07) is 0. The van der Waals surface area contributed by atoms with E-state index in [2.05, 4.69) is 21.0 Å². The third-order valence-electron chi connectivity index (χ3n) is 2.47. The number of aromatic amines is 1. The lowest BCUT2D eigenvalue weighted by Crippen LogP contribution is -2.17. The van der Waals surface area contributed by atoms with Crippen LogP contribution in [-0.4, -0.2) is 9.78 Å². The summed E-state index contributed by atoms with van der Waals surface area (Å²) in [6.07, 6.45) is -2.78. The van der Waals surface area contributed by atoms with Crippen molar-refractivity contribution in [2.24, 2.45) is 5.92 Å². The lowest BCUT2D eigenvalue weighted by Gasteiger charge is -2.12. The average Bonchev–Trinajstić information content (AvgIpc) is 2.40. The number of nitrogens with zero attached hydrogens (tertiary/aromatic N) is 1. The van der Waals surface area contributed by atoms with Crippen LogP contribution in [0.2, 0.25) is 0 Å². The van der Waals surface area contributed by atoms with Gasteiger partial charge in [-0.25, -0.2) is 0 Å². The molecule has 0 radical (unpaired) electrons. The maximum absolute atomic E-state index is 12.5. The van der Waals surface area contributed by atoms with E-state index in [0.29, 0.717) is 6.54 Å². The van der Waals surface area contributed by atoms with E-state index in [1.807, 2.05) is 13.8 Å². The molecule has 3 nitrogen and oxygen atoms in total. The number of rotatable bonds is 4. The minimum Gasteiger partial charge on any atom is -0.277 e. The average molecular weight is 315 g/mol. The van der Waals surface area contributed by atoms with Crippen LogP contribution in [0.1, 0.15) is 32.3 Å².